The third-order valence-electron chi connectivity index (χ3n) is 11.8. The molecular formula is C46H48ClF3N4O7S3. The highest BCUT2D eigenvalue weighted by Gasteiger charge is 2.48. The quantitative estimate of drug-likeness (QED) is 0.0665. The van der Waals surface area contributed by atoms with Gasteiger partial charge in [0.25, 0.3) is 25.8 Å². The van der Waals surface area contributed by atoms with E-state index < -0.39 is 58.9 Å². The van der Waals surface area contributed by atoms with Gasteiger partial charge in [0.2, 0.25) is 0 Å². The number of benzene rings is 5. The Labute approximate surface area is 380 Å². The van der Waals surface area contributed by atoms with Gasteiger partial charge in [-0.1, -0.05) is 66.2 Å². The molecule has 3 atom stereocenters. The second-order valence-corrected chi connectivity index (χ2v) is 21.0. The third-order valence-corrected chi connectivity index (χ3v) is 16.0. The lowest BCUT2D eigenvalue weighted by atomic mass is 9.84. The van der Waals surface area contributed by atoms with Crippen LogP contribution in [-0.2, 0) is 19.9 Å². The summed E-state index contributed by atoms with van der Waals surface area (Å²) in [5.74, 6) is -0.760. The minimum Gasteiger partial charge on any atom is -0.395 e. The number of nitrogens with zero attached hydrogens (tertiary/aromatic N) is 2. The molecule has 1 unspecified atom stereocenters. The fraction of sp³-hybridized carbons (Fsp3) is 0.326. The number of amides is 1. The van der Waals surface area contributed by atoms with Gasteiger partial charge in [-0.25, -0.2) is 21.6 Å². The molecule has 4 N–H and O–H groups in total. The van der Waals surface area contributed by atoms with Gasteiger partial charge in [0.05, 0.1) is 23.3 Å². The first kappa shape index (κ1) is 47.3. The SMILES string of the molecule is O=C(NS(=O)(=O)c1ccc(N[C@@H](CSc2ccccc2)CC2CCN2CCO)c(S(=O)(=O)C(F)(F)F)c1)c1ccc(N2CCC([C@@H](O)c3ccccc3-c3ccc(Cl)cc3)CC2)cc1. The van der Waals surface area contributed by atoms with Crippen LogP contribution in [0.15, 0.2) is 136 Å². The molecule has 5 aromatic rings. The van der Waals surface area contributed by atoms with Crippen molar-refractivity contribution < 1.29 is 45.0 Å². The first-order valence-corrected chi connectivity index (χ1v) is 25.1. The fourth-order valence-corrected chi connectivity index (χ4v) is 11.3. The second kappa shape index (κ2) is 20.3. The molecule has 0 spiro atoms. The first-order valence-electron chi connectivity index (χ1n) is 20.7. The number of likely N-dealkylation sites (tertiary alicyclic amines) is 1. The minimum atomic E-state index is -6.09. The lowest BCUT2D eigenvalue weighted by Crippen LogP contribution is -2.51. The predicted molar refractivity (Wildman–Crippen MR) is 244 cm³/mol. The number of aliphatic hydroxyl groups is 2. The van der Waals surface area contributed by atoms with Crippen molar-refractivity contribution in [1.82, 2.24) is 9.62 Å². The van der Waals surface area contributed by atoms with Gasteiger partial charge in [0.15, 0.2) is 0 Å². The van der Waals surface area contributed by atoms with Crippen LogP contribution in [0.2, 0.25) is 5.02 Å². The normalized spacial score (nSPS) is 17.3. The molecule has 2 aliphatic heterocycles. The molecule has 0 saturated carbocycles. The van der Waals surface area contributed by atoms with Gasteiger partial charge >= 0.3 is 5.51 Å². The number of hydrogen-bond donors (Lipinski definition) is 4. The Morgan fingerprint density at radius 3 is 2.16 bits per heavy atom. The molecule has 11 nitrogen and oxygen atoms in total. The van der Waals surface area contributed by atoms with Crippen molar-refractivity contribution >= 4 is 60.5 Å². The average molecular weight is 958 g/mol. The fourth-order valence-electron chi connectivity index (χ4n) is 8.19. The summed E-state index contributed by atoms with van der Waals surface area (Å²) in [6, 6.07) is 32.3. The van der Waals surface area contributed by atoms with E-state index in [9.17, 15) is 45.0 Å². The Morgan fingerprint density at radius 2 is 1.52 bits per heavy atom. The van der Waals surface area contributed by atoms with Crippen LogP contribution in [0.25, 0.3) is 11.1 Å². The van der Waals surface area contributed by atoms with Crippen LogP contribution in [0.3, 0.4) is 0 Å². The second-order valence-electron chi connectivity index (χ2n) is 15.9. The smallest absolute Gasteiger partial charge is 0.395 e. The molecule has 0 radical (unpaired) electrons. The van der Waals surface area contributed by atoms with Crippen molar-refractivity contribution in [3.63, 3.8) is 0 Å². The van der Waals surface area contributed by atoms with E-state index in [0.29, 0.717) is 55.7 Å². The number of sulfonamides is 1. The maximum atomic E-state index is 14.2. The van der Waals surface area contributed by atoms with Crippen LogP contribution in [-0.4, -0.2) is 94.0 Å². The molecule has 2 saturated heterocycles. The molecule has 1 amide bonds. The molecule has 0 bridgehead atoms. The van der Waals surface area contributed by atoms with E-state index in [1.165, 1.54) is 23.9 Å². The van der Waals surface area contributed by atoms with Crippen LogP contribution in [0.5, 0.6) is 0 Å². The van der Waals surface area contributed by atoms with Crippen LogP contribution in [0.1, 0.15) is 47.7 Å². The van der Waals surface area contributed by atoms with Crippen molar-refractivity contribution in [2.24, 2.45) is 5.92 Å². The maximum absolute atomic E-state index is 14.2. The van der Waals surface area contributed by atoms with Crippen molar-refractivity contribution in [2.75, 3.05) is 48.8 Å². The Bertz CT molecular complexity index is 2620. The number of piperidine rings is 1. The topological polar surface area (TPSA) is 156 Å². The largest absolute Gasteiger partial charge is 0.501 e. The predicted octanol–water partition coefficient (Wildman–Crippen LogP) is 8.40. The van der Waals surface area contributed by atoms with Crippen molar-refractivity contribution in [1.29, 1.82) is 0 Å². The lowest BCUT2D eigenvalue weighted by molar-refractivity contribution is -0.0435. The first-order chi connectivity index (χ1) is 30.5. The third kappa shape index (κ3) is 11.1. The molecular weight excluding hydrogens is 909 g/mol. The summed E-state index contributed by atoms with van der Waals surface area (Å²) in [7, 11) is -11.0. The zero-order chi connectivity index (χ0) is 45.6. The molecule has 340 valence electrons. The molecule has 2 heterocycles. The van der Waals surface area contributed by atoms with E-state index in [1.54, 1.807) is 12.1 Å². The Kier molecular flexibility index (Phi) is 15.0. The Balaban J connectivity index is 1.03. The molecule has 5 aromatic carbocycles. The summed E-state index contributed by atoms with van der Waals surface area (Å²) >= 11 is 7.51. The average Bonchev–Trinajstić information content (AvgIpc) is 3.28. The molecule has 0 aliphatic carbocycles. The number of hydrogen-bond acceptors (Lipinski definition) is 11. The highest BCUT2D eigenvalue weighted by Crippen LogP contribution is 2.39. The number of nitrogens with one attached hydrogen (secondary N) is 2. The standard InChI is InChI=1S/C46H48ClF3N4O7S3/c47-34-14-10-31(11-15-34)40-8-4-5-9-41(40)44(56)32-20-23-53(24-21-32)36-16-12-33(13-17-36)45(57)52-64(60,61)39-18-19-42(43(29-39)63(58,59)46(48,49)50)51-35(28-37-22-25-54(37)26-27-55)30-62-38-6-2-1-3-7-38/h1-19,29,32,35,37,44,51,55-56H,20-28,30H2,(H,52,57)/t35-,37?,44-/m1/s1. The number of carbonyl (C=O) groups is 1. The van der Waals surface area contributed by atoms with Crippen LogP contribution >= 0.6 is 23.4 Å². The summed E-state index contributed by atoms with van der Waals surface area (Å²) in [4.78, 5) is 16.2. The van der Waals surface area contributed by atoms with Gasteiger partial charge in [0, 0.05) is 65.2 Å². The van der Waals surface area contributed by atoms with E-state index in [-0.39, 0.29) is 24.1 Å². The number of anilines is 2. The maximum Gasteiger partial charge on any atom is 0.501 e. The minimum absolute atomic E-state index is 0.0191. The number of rotatable bonds is 17. The monoisotopic (exact) mass is 956 g/mol. The number of aliphatic hydroxyl groups excluding tert-OH is 2. The Morgan fingerprint density at radius 1 is 0.844 bits per heavy atom. The van der Waals surface area contributed by atoms with Crippen LogP contribution in [0.4, 0.5) is 24.5 Å². The molecule has 64 heavy (non-hydrogen) atoms. The lowest BCUT2D eigenvalue weighted by Gasteiger charge is -2.42. The highest BCUT2D eigenvalue weighted by atomic mass is 35.5. The van der Waals surface area contributed by atoms with Crippen molar-refractivity contribution in [3.8, 4) is 11.1 Å². The number of sulfone groups is 1. The molecule has 0 aromatic heterocycles. The number of alkyl halides is 3. The summed E-state index contributed by atoms with van der Waals surface area (Å²) in [5.41, 5.74) is -2.80. The van der Waals surface area contributed by atoms with Crippen molar-refractivity contribution in [2.45, 2.75) is 64.1 Å². The van der Waals surface area contributed by atoms with Gasteiger partial charge in [-0.15, -0.1) is 11.8 Å². The number of halogens is 4. The number of β-amino-alcohol motifs (C(OH)–C–C–N with tert-alkyl or cyclic N) is 1. The molecule has 18 heteroatoms. The van der Waals surface area contributed by atoms with Crippen LogP contribution in [0, 0.1) is 5.92 Å². The van der Waals surface area contributed by atoms with Gasteiger partial charge in [0.1, 0.15) is 4.90 Å². The summed E-state index contributed by atoms with van der Waals surface area (Å²) in [5, 5.41) is 24.6. The van der Waals surface area contributed by atoms with Crippen molar-refractivity contribution in [3.05, 3.63) is 137 Å². The zero-order valence-electron chi connectivity index (χ0n) is 34.5. The number of thioether (sulfide) groups is 1. The van der Waals surface area contributed by atoms with Gasteiger partial charge in [-0.2, -0.15) is 13.2 Å². The molecule has 7 rings (SSSR count). The summed E-state index contributed by atoms with van der Waals surface area (Å²) < 4.78 is 97.5. The molecule has 2 fully saturated rings. The van der Waals surface area contributed by atoms with E-state index in [0.717, 1.165) is 52.4 Å². The number of carbonyl (C=O) groups excluding carboxylic acids is 1. The van der Waals surface area contributed by atoms with Gasteiger partial charge < -0.3 is 20.4 Å². The van der Waals surface area contributed by atoms with E-state index in [2.05, 4.69) is 10.2 Å². The highest BCUT2D eigenvalue weighted by molar-refractivity contribution is 7.99. The summed E-state index contributed by atoms with van der Waals surface area (Å²) in [6.45, 7) is 2.28. The molecule has 2 aliphatic rings. The van der Waals surface area contributed by atoms with E-state index in [1.807, 2.05) is 88.5 Å². The van der Waals surface area contributed by atoms with Gasteiger partial charge in [-0.3, -0.25) is 9.69 Å². The van der Waals surface area contributed by atoms with E-state index in [4.69, 9.17) is 11.6 Å². The van der Waals surface area contributed by atoms with Crippen LogP contribution < -0.4 is 14.9 Å². The Hall–Kier alpha value is -4.62. The van der Waals surface area contributed by atoms with E-state index >= 15 is 0 Å². The summed E-state index contributed by atoms with van der Waals surface area (Å²) in [6.07, 6.45) is 1.82. The van der Waals surface area contributed by atoms with Gasteiger partial charge in [-0.05, 0) is 115 Å². The zero-order valence-corrected chi connectivity index (χ0v) is 37.7.